The van der Waals surface area contributed by atoms with E-state index in [4.69, 9.17) is 14.8 Å². The van der Waals surface area contributed by atoms with Gasteiger partial charge in [0.1, 0.15) is 6.07 Å². The SMILES string of the molecule is N#Cc1nc(C2CC2)oc1N1CCN(C(=O)O)CC1. The lowest BCUT2D eigenvalue weighted by atomic mass is 10.3. The average Bonchev–Trinajstić information content (AvgIpc) is 3.18. The Morgan fingerprint density at radius 2 is 2.05 bits per heavy atom. The molecule has 0 radical (unpaired) electrons. The predicted molar refractivity (Wildman–Crippen MR) is 65.0 cm³/mol. The lowest BCUT2D eigenvalue weighted by Gasteiger charge is -2.32. The molecule has 7 nitrogen and oxygen atoms in total. The first-order valence-electron chi connectivity index (χ1n) is 6.32. The first kappa shape index (κ1) is 11.8. The third-order valence-corrected chi connectivity index (χ3v) is 3.50. The van der Waals surface area contributed by atoms with E-state index >= 15 is 0 Å². The Bertz CT molecular complexity index is 536. The van der Waals surface area contributed by atoms with Gasteiger partial charge in [-0.15, -0.1) is 0 Å². The molecule has 0 unspecified atom stereocenters. The Balaban J connectivity index is 1.76. The van der Waals surface area contributed by atoms with Crippen LogP contribution in [0, 0.1) is 11.3 Å². The van der Waals surface area contributed by atoms with Crippen LogP contribution in [-0.4, -0.2) is 47.3 Å². The minimum Gasteiger partial charge on any atom is -0.465 e. The maximum absolute atomic E-state index is 10.8. The highest BCUT2D eigenvalue weighted by Gasteiger charge is 2.32. The Hall–Kier alpha value is -2.23. The average molecular weight is 262 g/mol. The Morgan fingerprint density at radius 3 is 2.58 bits per heavy atom. The van der Waals surface area contributed by atoms with Gasteiger partial charge in [-0.1, -0.05) is 0 Å². The molecule has 2 aliphatic rings. The number of oxazole rings is 1. The molecule has 1 aromatic rings. The molecule has 0 bridgehead atoms. The molecule has 100 valence electrons. The van der Waals surface area contributed by atoms with Gasteiger partial charge in [0.05, 0.1) is 0 Å². The van der Waals surface area contributed by atoms with Crippen LogP contribution >= 0.6 is 0 Å². The molecule has 1 aliphatic heterocycles. The van der Waals surface area contributed by atoms with E-state index in [1.807, 2.05) is 4.90 Å². The number of aromatic nitrogens is 1. The summed E-state index contributed by atoms with van der Waals surface area (Å²) in [5.74, 6) is 1.50. The fourth-order valence-corrected chi connectivity index (χ4v) is 2.22. The minimum atomic E-state index is -0.906. The molecule has 2 fully saturated rings. The Labute approximate surface area is 110 Å². The molecule has 1 N–H and O–H groups in total. The van der Waals surface area contributed by atoms with Crippen molar-refractivity contribution < 1.29 is 14.3 Å². The topological polar surface area (TPSA) is 93.6 Å². The summed E-state index contributed by atoms with van der Waals surface area (Å²) in [6, 6.07) is 2.05. The third-order valence-electron chi connectivity index (χ3n) is 3.50. The number of nitriles is 1. The fourth-order valence-electron chi connectivity index (χ4n) is 2.22. The summed E-state index contributed by atoms with van der Waals surface area (Å²) in [6.07, 6.45) is 1.23. The second-order valence-electron chi connectivity index (χ2n) is 4.85. The Kier molecular flexibility index (Phi) is 2.78. The molecule has 0 spiro atoms. The molecule has 7 heteroatoms. The molecule has 1 saturated heterocycles. The van der Waals surface area contributed by atoms with E-state index < -0.39 is 6.09 Å². The molecule has 2 heterocycles. The zero-order valence-corrected chi connectivity index (χ0v) is 10.4. The molecular weight excluding hydrogens is 248 g/mol. The highest BCUT2D eigenvalue weighted by Crippen LogP contribution is 2.41. The van der Waals surface area contributed by atoms with Gasteiger partial charge in [0, 0.05) is 32.1 Å². The second kappa shape index (κ2) is 4.46. The van der Waals surface area contributed by atoms with Gasteiger partial charge in [-0.25, -0.2) is 9.78 Å². The van der Waals surface area contributed by atoms with E-state index in [2.05, 4.69) is 11.1 Å². The van der Waals surface area contributed by atoms with Crippen molar-refractivity contribution in [2.24, 2.45) is 0 Å². The zero-order valence-electron chi connectivity index (χ0n) is 10.4. The zero-order chi connectivity index (χ0) is 13.4. The van der Waals surface area contributed by atoms with Crippen LogP contribution in [-0.2, 0) is 0 Å². The van der Waals surface area contributed by atoms with Gasteiger partial charge in [-0.3, -0.25) is 0 Å². The number of hydrogen-bond acceptors (Lipinski definition) is 5. The van der Waals surface area contributed by atoms with Crippen LogP contribution in [0.2, 0.25) is 0 Å². The summed E-state index contributed by atoms with van der Waals surface area (Å²) in [5, 5.41) is 18.0. The van der Waals surface area contributed by atoms with Crippen molar-refractivity contribution in [1.29, 1.82) is 5.26 Å². The van der Waals surface area contributed by atoms with Gasteiger partial charge in [-0.2, -0.15) is 5.26 Å². The first-order valence-corrected chi connectivity index (χ1v) is 6.32. The summed E-state index contributed by atoms with van der Waals surface area (Å²) in [6.45, 7) is 1.89. The molecular formula is C12H14N4O3. The van der Waals surface area contributed by atoms with E-state index in [0.717, 1.165) is 12.8 Å². The number of rotatable bonds is 2. The van der Waals surface area contributed by atoms with Crippen LogP contribution in [0.15, 0.2) is 4.42 Å². The summed E-state index contributed by atoms with van der Waals surface area (Å²) in [4.78, 5) is 18.3. The van der Waals surface area contributed by atoms with E-state index in [-0.39, 0.29) is 0 Å². The van der Waals surface area contributed by atoms with Crippen molar-refractivity contribution in [3.8, 4) is 6.07 Å². The summed E-state index contributed by atoms with van der Waals surface area (Å²) in [5.41, 5.74) is 0.311. The number of hydrogen-bond donors (Lipinski definition) is 1. The molecule has 1 aliphatic carbocycles. The highest BCUT2D eigenvalue weighted by molar-refractivity contribution is 5.65. The predicted octanol–water partition coefficient (Wildman–Crippen LogP) is 1.22. The number of carboxylic acid groups (broad SMARTS) is 1. The number of carbonyl (C=O) groups is 1. The van der Waals surface area contributed by atoms with Crippen molar-refractivity contribution in [2.45, 2.75) is 18.8 Å². The Morgan fingerprint density at radius 1 is 1.37 bits per heavy atom. The third kappa shape index (κ3) is 2.21. The summed E-state index contributed by atoms with van der Waals surface area (Å²) >= 11 is 0. The molecule has 0 aromatic carbocycles. The molecule has 3 rings (SSSR count). The van der Waals surface area contributed by atoms with E-state index in [1.165, 1.54) is 4.90 Å². The molecule has 1 saturated carbocycles. The van der Waals surface area contributed by atoms with Crippen LogP contribution in [0.4, 0.5) is 10.7 Å². The van der Waals surface area contributed by atoms with Crippen LogP contribution in [0.5, 0.6) is 0 Å². The fraction of sp³-hybridized carbons (Fsp3) is 0.583. The van der Waals surface area contributed by atoms with Crippen molar-refractivity contribution >= 4 is 12.0 Å². The lowest BCUT2D eigenvalue weighted by Crippen LogP contribution is -2.48. The monoisotopic (exact) mass is 262 g/mol. The van der Waals surface area contributed by atoms with Gasteiger partial charge in [0.2, 0.25) is 17.5 Å². The van der Waals surface area contributed by atoms with Crippen molar-refractivity contribution in [2.75, 3.05) is 31.1 Å². The largest absolute Gasteiger partial charge is 0.465 e. The number of piperazine rings is 1. The van der Waals surface area contributed by atoms with Gasteiger partial charge >= 0.3 is 6.09 Å². The van der Waals surface area contributed by atoms with Crippen LogP contribution in [0.1, 0.15) is 30.3 Å². The van der Waals surface area contributed by atoms with Crippen molar-refractivity contribution in [3.05, 3.63) is 11.6 Å². The molecule has 1 aromatic heterocycles. The maximum atomic E-state index is 10.8. The van der Waals surface area contributed by atoms with Crippen LogP contribution in [0.3, 0.4) is 0 Å². The standard InChI is InChI=1S/C12H14N4O3/c13-7-9-11(19-10(14-9)8-1-2-8)15-3-5-16(6-4-15)12(17)18/h8H,1-6H2,(H,17,18). The molecule has 1 amide bonds. The van der Waals surface area contributed by atoms with Crippen molar-refractivity contribution in [1.82, 2.24) is 9.88 Å². The summed E-state index contributed by atoms with van der Waals surface area (Å²) in [7, 11) is 0. The van der Waals surface area contributed by atoms with Crippen molar-refractivity contribution in [3.63, 3.8) is 0 Å². The maximum Gasteiger partial charge on any atom is 0.407 e. The number of amides is 1. The quantitative estimate of drug-likeness (QED) is 0.861. The van der Waals surface area contributed by atoms with Gasteiger partial charge in [-0.05, 0) is 12.8 Å². The van der Waals surface area contributed by atoms with Crippen LogP contribution in [0.25, 0.3) is 0 Å². The summed E-state index contributed by atoms with van der Waals surface area (Å²) < 4.78 is 5.69. The minimum absolute atomic E-state index is 0.311. The van der Waals surface area contributed by atoms with Crippen LogP contribution < -0.4 is 4.90 Å². The van der Waals surface area contributed by atoms with Gasteiger partial charge in [0.15, 0.2) is 0 Å². The number of nitrogens with zero attached hydrogens (tertiary/aromatic N) is 4. The highest BCUT2D eigenvalue weighted by atomic mass is 16.4. The van der Waals surface area contributed by atoms with Gasteiger partial charge in [0.25, 0.3) is 0 Å². The molecule has 0 atom stereocenters. The normalized spacial score (nSPS) is 19.3. The second-order valence-corrected chi connectivity index (χ2v) is 4.85. The van der Waals surface area contributed by atoms with Gasteiger partial charge < -0.3 is 19.3 Å². The smallest absolute Gasteiger partial charge is 0.407 e. The van der Waals surface area contributed by atoms with E-state index in [9.17, 15) is 4.79 Å². The van der Waals surface area contributed by atoms with E-state index in [1.54, 1.807) is 0 Å². The lowest BCUT2D eigenvalue weighted by molar-refractivity contribution is 0.142. The van der Waals surface area contributed by atoms with E-state index in [0.29, 0.717) is 49.6 Å². The first-order chi connectivity index (χ1) is 9.19. The molecule has 19 heavy (non-hydrogen) atoms. The number of anilines is 1.